The van der Waals surface area contributed by atoms with Crippen LogP contribution in [0.2, 0.25) is 0 Å². The fraction of sp³-hybridized carbons (Fsp3) is 0.118. The maximum Gasteiger partial charge on any atom is 0.260 e. The van der Waals surface area contributed by atoms with Gasteiger partial charge in [-0.15, -0.1) is 0 Å². The summed E-state index contributed by atoms with van der Waals surface area (Å²) in [4.78, 5) is 20.5. The quantitative estimate of drug-likeness (QED) is 0.772. The van der Waals surface area contributed by atoms with E-state index in [1.165, 1.54) is 18.0 Å². The van der Waals surface area contributed by atoms with Gasteiger partial charge in [-0.1, -0.05) is 19.1 Å². The molecule has 1 aromatic carbocycles. The maximum absolute atomic E-state index is 12.3. The van der Waals surface area contributed by atoms with Crippen molar-refractivity contribution in [3.63, 3.8) is 0 Å². The average molecular weight is 308 g/mol. The van der Waals surface area contributed by atoms with Crippen molar-refractivity contribution in [1.82, 2.24) is 9.97 Å². The van der Waals surface area contributed by atoms with Crippen molar-refractivity contribution in [2.45, 2.75) is 13.3 Å². The van der Waals surface area contributed by atoms with Gasteiger partial charge in [0, 0.05) is 11.9 Å². The summed E-state index contributed by atoms with van der Waals surface area (Å²) < 4.78 is 5.21. The number of furan rings is 1. The molecular weight excluding hydrogens is 292 g/mol. The van der Waals surface area contributed by atoms with E-state index in [0.717, 1.165) is 6.42 Å². The number of amides is 1. The Morgan fingerprint density at radius 2 is 2.04 bits per heavy atom. The van der Waals surface area contributed by atoms with E-state index in [2.05, 4.69) is 22.2 Å². The van der Waals surface area contributed by atoms with Gasteiger partial charge in [-0.25, -0.2) is 9.97 Å². The van der Waals surface area contributed by atoms with Gasteiger partial charge in [0.25, 0.3) is 5.91 Å². The number of hydrogen-bond acceptors (Lipinski definition) is 5. The third-order valence-corrected chi connectivity index (χ3v) is 3.42. The number of benzene rings is 1. The Hall–Kier alpha value is -3.15. The third-order valence-electron chi connectivity index (χ3n) is 3.42. The van der Waals surface area contributed by atoms with Crippen molar-refractivity contribution >= 4 is 17.4 Å². The molecule has 0 radical (unpaired) electrons. The van der Waals surface area contributed by atoms with E-state index in [4.69, 9.17) is 10.2 Å². The molecule has 0 bridgehead atoms. The number of nitrogens with two attached hydrogens (primary N) is 1. The number of aromatic nitrogens is 2. The van der Waals surface area contributed by atoms with Crippen LogP contribution in [0, 0.1) is 0 Å². The fourth-order valence-electron chi connectivity index (χ4n) is 2.12. The Morgan fingerprint density at radius 3 is 2.65 bits per heavy atom. The summed E-state index contributed by atoms with van der Waals surface area (Å²) in [5, 5.41) is 2.78. The highest BCUT2D eigenvalue weighted by atomic mass is 16.3. The molecule has 0 aliphatic rings. The minimum atomic E-state index is -0.349. The van der Waals surface area contributed by atoms with E-state index in [-0.39, 0.29) is 17.3 Å². The van der Waals surface area contributed by atoms with E-state index >= 15 is 0 Å². The van der Waals surface area contributed by atoms with Gasteiger partial charge in [0.2, 0.25) is 0 Å². The number of hydrogen-bond donors (Lipinski definition) is 2. The van der Waals surface area contributed by atoms with Crippen LogP contribution in [0.25, 0.3) is 11.6 Å². The highest BCUT2D eigenvalue weighted by molar-refractivity contribution is 6.07. The minimum Gasteiger partial charge on any atom is -0.461 e. The molecular formula is C17H16N4O2. The lowest BCUT2D eigenvalue weighted by Crippen LogP contribution is -2.15. The van der Waals surface area contributed by atoms with Crippen molar-refractivity contribution in [3.05, 3.63) is 60.0 Å². The molecule has 0 saturated heterocycles. The first-order chi connectivity index (χ1) is 11.2. The van der Waals surface area contributed by atoms with Crippen LogP contribution >= 0.6 is 0 Å². The Labute approximate surface area is 133 Å². The number of aryl methyl sites for hydroxylation is 1. The van der Waals surface area contributed by atoms with Gasteiger partial charge in [-0.05, 0) is 36.2 Å². The molecule has 0 saturated carbocycles. The Bertz CT molecular complexity index is 811. The molecule has 116 valence electrons. The summed E-state index contributed by atoms with van der Waals surface area (Å²) in [7, 11) is 0. The zero-order chi connectivity index (χ0) is 16.2. The molecule has 0 aliphatic heterocycles. The average Bonchev–Trinajstić information content (AvgIpc) is 3.10. The van der Waals surface area contributed by atoms with Gasteiger partial charge >= 0.3 is 0 Å². The molecule has 2 heterocycles. The largest absolute Gasteiger partial charge is 0.461 e. The van der Waals surface area contributed by atoms with Crippen molar-refractivity contribution in [3.8, 4) is 11.6 Å². The van der Waals surface area contributed by atoms with Crippen LogP contribution in [0.4, 0.5) is 11.5 Å². The minimum absolute atomic E-state index is 0.106. The van der Waals surface area contributed by atoms with Gasteiger partial charge in [-0.3, -0.25) is 4.79 Å². The highest BCUT2D eigenvalue weighted by Gasteiger charge is 2.14. The fourth-order valence-corrected chi connectivity index (χ4v) is 2.12. The van der Waals surface area contributed by atoms with E-state index in [1.807, 2.05) is 24.3 Å². The summed E-state index contributed by atoms with van der Waals surface area (Å²) in [6.45, 7) is 2.08. The van der Waals surface area contributed by atoms with Crippen LogP contribution in [0.15, 0.2) is 53.3 Å². The van der Waals surface area contributed by atoms with Gasteiger partial charge in [-0.2, -0.15) is 0 Å². The zero-order valence-corrected chi connectivity index (χ0v) is 12.6. The van der Waals surface area contributed by atoms with Crippen LogP contribution < -0.4 is 11.1 Å². The maximum atomic E-state index is 12.3. The van der Waals surface area contributed by atoms with Gasteiger partial charge in [0.1, 0.15) is 11.4 Å². The second kappa shape index (κ2) is 6.31. The number of nitrogen functional groups attached to an aromatic ring is 1. The number of nitrogens with zero attached hydrogens (tertiary/aromatic N) is 2. The van der Waals surface area contributed by atoms with Crippen LogP contribution in [0.1, 0.15) is 22.8 Å². The second-order valence-electron chi connectivity index (χ2n) is 4.97. The Balaban J connectivity index is 1.79. The number of anilines is 2. The van der Waals surface area contributed by atoms with Crippen LogP contribution in [-0.4, -0.2) is 15.9 Å². The molecule has 3 N–H and O–H groups in total. The molecule has 23 heavy (non-hydrogen) atoms. The van der Waals surface area contributed by atoms with Crippen LogP contribution in [0.5, 0.6) is 0 Å². The first kappa shape index (κ1) is 14.8. The lowest BCUT2D eigenvalue weighted by Gasteiger charge is -2.08. The van der Waals surface area contributed by atoms with E-state index in [0.29, 0.717) is 17.3 Å². The van der Waals surface area contributed by atoms with Crippen LogP contribution in [0.3, 0.4) is 0 Å². The lowest BCUT2D eigenvalue weighted by molar-refractivity contribution is 0.102. The molecule has 3 aromatic rings. The lowest BCUT2D eigenvalue weighted by atomic mass is 10.1. The molecule has 0 spiro atoms. The summed E-state index contributed by atoms with van der Waals surface area (Å²) in [6, 6.07) is 11.1. The Kier molecular flexibility index (Phi) is 4.05. The summed E-state index contributed by atoms with van der Waals surface area (Å²) in [5.74, 6) is 0.599. The third kappa shape index (κ3) is 3.21. The van der Waals surface area contributed by atoms with E-state index in [9.17, 15) is 4.79 Å². The molecule has 0 fully saturated rings. The second-order valence-corrected chi connectivity index (χ2v) is 4.97. The number of nitrogens with one attached hydrogen (secondary N) is 1. The van der Waals surface area contributed by atoms with Gasteiger partial charge in [0.05, 0.1) is 6.26 Å². The van der Waals surface area contributed by atoms with Crippen molar-refractivity contribution in [1.29, 1.82) is 0 Å². The normalized spacial score (nSPS) is 10.5. The predicted octanol–water partition coefficient (Wildman–Crippen LogP) is 3.13. The van der Waals surface area contributed by atoms with Gasteiger partial charge in [0.15, 0.2) is 11.6 Å². The first-order valence-corrected chi connectivity index (χ1v) is 7.24. The topological polar surface area (TPSA) is 94.0 Å². The number of carbonyl (C=O) groups is 1. The molecule has 2 aromatic heterocycles. The van der Waals surface area contributed by atoms with Gasteiger partial charge < -0.3 is 15.5 Å². The smallest absolute Gasteiger partial charge is 0.260 e. The zero-order valence-electron chi connectivity index (χ0n) is 12.6. The summed E-state index contributed by atoms with van der Waals surface area (Å²) in [5.41, 5.74) is 7.99. The number of carbonyl (C=O) groups excluding carboxylic acids is 1. The predicted molar refractivity (Wildman–Crippen MR) is 87.9 cm³/mol. The van der Waals surface area contributed by atoms with Crippen molar-refractivity contribution in [2.24, 2.45) is 0 Å². The van der Waals surface area contributed by atoms with E-state index in [1.54, 1.807) is 12.1 Å². The molecule has 1 amide bonds. The molecule has 3 rings (SSSR count). The molecule has 0 atom stereocenters. The molecule has 6 nitrogen and oxygen atoms in total. The SMILES string of the molecule is CCc1ccc(NC(=O)c2cnc(-c3ccco3)nc2N)cc1. The van der Waals surface area contributed by atoms with Crippen molar-refractivity contribution < 1.29 is 9.21 Å². The standard InChI is InChI=1S/C17H16N4O2/c1-2-11-5-7-12(8-6-11)20-17(22)13-10-19-16(21-15(13)18)14-4-3-9-23-14/h3-10H,2H2,1H3,(H,20,22)(H2,18,19,21). The summed E-state index contributed by atoms with van der Waals surface area (Å²) in [6.07, 6.45) is 3.87. The first-order valence-electron chi connectivity index (χ1n) is 7.24. The highest BCUT2D eigenvalue weighted by Crippen LogP contribution is 2.19. The Morgan fingerprint density at radius 1 is 1.26 bits per heavy atom. The van der Waals surface area contributed by atoms with Crippen LogP contribution in [-0.2, 0) is 6.42 Å². The molecule has 0 unspecified atom stereocenters. The van der Waals surface area contributed by atoms with Crippen molar-refractivity contribution in [2.75, 3.05) is 11.1 Å². The monoisotopic (exact) mass is 308 g/mol. The number of rotatable bonds is 4. The molecule has 6 heteroatoms. The molecule has 0 aliphatic carbocycles. The van der Waals surface area contributed by atoms with E-state index < -0.39 is 0 Å². The summed E-state index contributed by atoms with van der Waals surface area (Å²) >= 11 is 0.